The highest BCUT2D eigenvalue weighted by Gasteiger charge is 2.13. The Labute approximate surface area is 115 Å². The maximum atomic E-state index is 5.32. The van der Waals surface area contributed by atoms with Crippen molar-refractivity contribution in [1.82, 2.24) is 5.32 Å². The smallest absolute Gasteiger partial charge is 0.121 e. The highest BCUT2D eigenvalue weighted by Crippen LogP contribution is 2.27. The van der Waals surface area contributed by atoms with Gasteiger partial charge in [-0.15, -0.1) is 0 Å². The normalized spacial score (nSPS) is 12.2. The van der Waals surface area contributed by atoms with E-state index in [1.807, 2.05) is 13.1 Å². The fraction of sp³-hybridized carbons (Fsp3) is 0.294. The van der Waals surface area contributed by atoms with Crippen LogP contribution < -0.4 is 10.1 Å². The number of aryl methyl sites for hydroxylation is 2. The minimum absolute atomic E-state index is 0.213. The summed E-state index contributed by atoms with van der Waals surface area (Å²) in [6, 6.07) is 15.2. The first-order chi connectivity index (χ1) is 9.15. The predicted molar refractivity (Wildman–Crippen MR) is 79.8 cm³/mol. The van der Waals surface area contributed by atoms with E-state index in [2.05, 4.69) is 55.6 Å². The molecule has 2 aromatic carbocycles. The molecule has 0 bridgehead atoms. The summed E-state index contributed by atoms with van der Waals surface area (Å²) in [6.07, 6.45) is 0. The molecule has 0 aliphatic carbocycles. The molecule has 100 valence electrons. The molecule has 2 aromatic rings. The molecular weight excluding hydrogens is 234 g/mol. The molecule has 0 spiro atoms. The number of ether oxygens (including phenoxy) is 1. The van der Waals surface area contributed by atoms with Crippen LogP contribution in [0.15, 0.2) is 42.5 Å². The van der Waals surface area contributed by atoms with Crippen molar-refractivity contribution in [3.05, 3.63) is 64.7 Å². The zero-order valence-electron chi connectivity index (χ0n) is 12.0. The van der Waals surface area contributed by atoms with Crippen molar-refractivity contribution < 1.29 is 4.74 Å². The van der Waals surface area contributed by atoms with Gasteiger partial charge in [0.2, 0.25) is 0 Å². The van der Waals surface area contributed by atoms with Crippen molar-refractivity contribution in [3.8, 4) is 5.75 Å². The van der Waals surface area contributed by atoms with E-state index in [1.54, 1.807) is 7.11 Å². The van der Waals surface area contributed by atoms with Crippen LogP contribution >= 0.6 is 0 Å². The molecule has 0 saturated heterocycles. The minimum atomic E-state index is 0.213. The van der Waals surface area contributed by atoms with Crippen LogP contribution in [0, 0.1) is 13.8 Å². The molecule has 0 aliphatic heterocycles. The number of rotatable bonds is 4. The van der Waals surface area contributed by atoms with Crippen molar-refractivity contribution >= 4 is 0 Å². The lowest BCUT2D eigenvalue weighted by Gasteiger charge is -2.19. The summed E-state index contributed by atoms with van der Waals surface area (Å²) in [7, 11) is 3.70. The second kappa shape index (κ2) is 5.89. The van der Waals surface area contributed by atoms with Gasteiger partial charge in [-0.1, -0.05) is 42.0 Å². The Morgan fingerprint density at radius 2 is 1.74 bits per heavy atom. The Hall–Kier alpha value is -1.80. The van der Waals surface area contributed by atoms with E-state index >= 15 is 0 Å². The van der Waals surface area contributed by atoms with Crippen LogP contribution in [0.25, 0.3) is 0 Å². The van der Waals surface area contributed by atoms with E-state index in [4.69, 9.17) is 4.74 Å². The Morgan fingerprint density at radius 3 is 2.32 bits per heavy atom. The Balaban J connectivity index is 2.39. The van der Waals surface area contributed by atoms with Crippen LogP contribution in [0.4, 0.5) is 0 Å². The van der Waals surface area contributed by atoms with Gasteiger partial charge < -0.3 is 10.1 Å². The molecule has 1 atom stereocenters. The number of benzene rings is 2. The van der Waals surface area contributed by atoms with E-state index in [9.17, 15) is 0 Å². The lowest BCUT2D eigenvalue weighted by Crippen LogP contribution is -2.17. The second-order valence-corrected chi connectivity index (χ2v) is 4.86. The van der Waals surface area contributed by atoms with Gasteiger partial charge in [0, 0.05) is 0 Å². The largest absolute Gasteiger partial charge is 0.496 e. The van der Waals surface area contributed by atoms with E-state index in [1.165, 1.54) is 16.7 Å². The number of methoxy groups -OCH3 is 1. The van der Waals surface area contributed by atoms with Gasteiger partial charge in [0.05, 0.1) is 13.2 Å². The molecule has 2 nitrogen and oxygen atoms in total. The van der Waals surface area contributed by atoms with Crippen molar-refractivity contribution in [2.24, 2.45) is 0 Å². The summed E-state index contributed by atoms with van der Waals surface area (Å²) < 4.78 is 5.32. The second-order valence-electron chi connectivity index (χ2n) is 4.86. The molecule has 0 aliphatic rings. The van der Waals surface area contributed by atoms with E-state index in [0.29, 0.717) is 0 Å². The fourth-order valence-corrected chi connectivity index (χ4v) is 2.46. The molecule has 0 radical (unpaired) electrons. The maximum Gasteiger partial charge on any atom is 0.121 e. The van der Waals surface area contributed by atoms with Crippen LogP contribution in [0.5, 0.6) is 5.75 Å². The monoisotopic (exact) mass is 255 g/mol. The molecule has 0 saturated carbocycles. The highest BCUT2D eigenvalue weighted by molar-refractivity contribution is 5.41. The summed E-state index contributed by atoms with van der Waals surface area (Å²) in [4.78, 5) is 0. The average molecular weight is 255 g/mol. The van der Waals surface area contributed by atoms with Crippen LogP contribution in [0.3, 0.4) is 0 Å². The Bertz CT molecular complexity index is 563. The van der Waals surface area contributed by atoms with Gasteiger partial charge in [0.1, 0.15) is 5.75 Å². The molecule has 0 aromatic heterocycles. The van der Waals surface area contributed by atoms with Gasteiger partial charge in [-0.3, -0.25) is 0 Å². The third kappa shape index (κ3) is 2.96. The first-order valence-electron chi connectivity index (χ1n) is 6.54. The molecule has 0 heterocycles. The van der Waals surface area contributed by atoms with Gasteiger partial charge in [-0.2, -0.15) is 0 Å². The SMILES string of the molecule is CNC(c1cccc(C)c1)c1ccc(OC)c(C)c1. The lowest BCUT2D eigenvalue weighted by molar-refractivity contribution is 0.411. The van der Waals surface area contributed by atoms with Gasteiger partial charge in [0.25, 0.3) is 0 Å². The van der Waals surface area contributed by atoms with Crippen LogP contribution in [-0.2, 0) is 0 Å². The Morgan fingerprint density at radius 1 is 1.00 bits per heavy atom. The summed E-state index contributed by atoms with van der Waals surface area (Å²) in [5, 5.41) is 3.39. The molecule has 2 heteroatoms. The van der Waals surface area contributed by atoms with Crippen molar-refractivity contribution in [1.29, 1.82) is 0 Å². The lowest BCUT2D eigenvalue weighted by atomic mass is 9.96. The van der Waals surface area contributed by atoms with Crippen molar-refractivity contribution in [2.75, 3.05) is 14.2 Å². The summed E-state index contributed by atoms with van der Waals surface area (Å²) >= 11 is 0. The van der Waals surface area contributed by atoms with Crippen molar-refractivity contribution in [3.63, 3.8) is 0 Å². The third-order valence-corrected chi connectivity index (χ3v) is 3.42. The standard InChI is InChI=1S/C17H21NO/c1-12-6-5-7-14(10-12)17(18-3)15-8-9-16(19-4)13(2)11-15/h5-11,17-18H,1-4H3. The molecule has 2 rings (SSSR count). The van der Waals surface area contributed by atoms with Crippen molar-refractivity contribution in [2.45, 2.75) is 19.9 Å². The molecule has 1 unspecified atom stereocenters. The Kier molecular flexibility index (Phi) is 4.23. The quantitative estimate of drug-likeness (QED) is 0.901. The first-order valence-corrected chi connectivity index (χ1v) is 6.54. The third-order valence-electron chi connectivity index (χ3n) is 3.42. The van der Waals surface area contributed by atoms with Gasteiger partial charge in [-0.25, -0.2) is 0 Å². The summed E-state index contributed by atoms with van der Waals surface area (Å²) in [6.45, 7) is 4.20. The maximum absolute atomic E-state index is 5.32. The van der Waals surface area contributed by atoms with E-state index < -0.39 is 0 Å². The predicted octanol–water partition coefficient (Wildman–Crippen LogP) is 3.62. The van der Waals surface area contributed by atoms with Gasteiger partial charge in [-0.05, 0) is 43.7 Å². The van der Waals surface area contributed by atoms with Crippen LogP contribution in [0.1, 0.15) is 28.3 Å². The highest BCUT2D eigenvalue weighted by atomic mass is 16.5. The van der Waals surface area contributed by atoms with Gasteiger partial charge >= 0.3 is 0 Å². The number of hydrogen-bond donors (Lipinski definition) is 1. The number of hydrogen-bond acceptors (Lipinski definition) is 2. The molecule has 0 fully saturated rings. The molecular formula is C17H21NO. The topological polar surface area (TPSA) is 21.3 Å². The van der Waals surface area contributed by atoms with Gasteiger partial charge in [0.15, 0.2) is 0 Å². The zero-order valence-corrected chi connectivity index (χ0v) is 12.0. The minimum Gasteiger partial charge on any atom is -0.496 e. The molecule has 19 heavy (non-hydrogen) atoms. The van der Waals surface area contributed by atoms with E-state index in [-0.39, 0.29) is 6.04 Å². The molecule has 1 N–H and O–H groups in total. The first kappa shape index (κ1) is 13.6. The van der Waals surface area contributed by atoms with E-state index in [0.717, 1.165) is 11.3 Å². The zero-order chi connectivity index (χ0) is 13.8. The molecule has 0 amide bonds. The summed E-state index contributed by atoms with van der Waals surface area (Å²) in [5.41, 5.74) is 4.98. The average Bonchev–Trinajstić information content (AvgIpc) is 2.40. The van der Waals surface area contributed by atoms with Crippen LogP contribution in [0.2, 0.25) is 0 Å². The van der Waals surface area contributed by atoms with Crippen LogP contribution in [-0.4, -0.2) is 14.2 Å². The summed E-state index contributed by atoms with van der Waals surface area (Å²) in [5.74, 6) is 0.933. The fourth-order valence-electron chi connectivity index (χ4n) is 2.46. The number of nitrogens with one attached hydrogen (secondary N) is 1.